The smallest absolute Gasteiger partial charge is 0.160 e. The average molecular weight is 251 g/mol. The molecule has 0 fully saturated rings. The molecule has 0 saturated carbocycles. The summed E-state index contributed by atoms with van der Waals surface area (Å²) in [7, 11) is 0. The molecule has 0 amide bonds. The molecule has 2 aromatic carbocycles. The molecule has 0 saturated heterocycles. The van der Waals surface area contributed by atoms with Gasteiger partial charge in [0.25, 0.3) is 0 Å². The van der Waals surface area contributed by atoms with E-state index in [1.165, 1.54) is 13.8 Å². The van der Waals surface area contributed by atoms with Crippen LogP contribution in [-0.2, 0) is 0 Å². The molecule has 2 nitrogen and oxygen atoms in total. The number of Topliss-reactive ketones (excluding diaryl/α,β-unsaturated/α-hetero) is 2. The molecule has 0 bridgehead atoms. The number of hydrogen-bond acceptors (Lipinski definition) is 2. The molecule has 0 heterocycles. The van der Waals surface area contributed by atoms with Crippen LogP contribution in [0.15, 0.2) is 48.5 Å². The Labute approximate surface area is 113 Å². The molecule has 0 N–H and O–H groups in total. The quantitative estimate of drug-likeness (QED) is 0.776. The lowest BCUT2D eigenvalue weighted by atomic mass is 9.95. The minimum absolute atomic E-state index is 0.0336. The highest BCUT2D eigenvalue weighted by Crippen LogP contribution is 2.19. The van der Waals surface area contributed by atoms with Gasteiger partial charge in [0, 0.05) is 17.5 Å². The number of carbonyl (C=O) groups excluding carboxylic acids is 2. The highest BCUT2D eigenvalue weighted by Gasteiger charge is 2.11. The maximum atomic E-state index is 11.7. The van der Waals surface area contributed by atoms with E-state index in [1.54, 1.807) is 12.1 Å². The summed E-state index contributed by atoms with van der Waals surface area (Å²) in [6, 6.07) is 15.0. The van der Waals surface area contributed by atoms with Gasteiger partial charge in [-0.25, -0.2) is 0 Å². The summed E-state index contributed by atoms with van der Waals surface area (Å²) in [6.07, 6.45) is 1.95. The molecule has 2 heteroatoms. The first kappa shape index (κ1) is 13.2. The fourth-order valence-corrected chi connectivity index (χ4v) is 1.93. The standard InChI is InChI=1S/C17H15O2/c1-12(18)15-8-9-16(17(11-15)13(2)19)10-14-6-4-3-5-7-14/h3-11H,1-2H3. The number of ketones is 2. The fourth-order valence-electron chi connectivity index (χ4n) is 1.93. The van der Waals surface area contributed by atoms with E-state index in [9.17, 15) is 9.59 Å². The Morgan fingerprint density at radius 2 is 1.58 bits per heavy atom. The minimum Gasteiger partial charge on any atom is -0.295 e. The van der Waals surface area contributed by atoms with Gasteiger partial charge >= 0.3 is 0 Å². The molecular formula is C17H15O2. The van der Waals surface area contributed by atoms with Crippen molar-refractivity contribution in [2.24, 2.45) is 0 Å². The Balaban J connectivity index is 2.40. The van der Waals surface area contributed by atoms with E-state index in [4.69, 9.17) is 0 Å². The van der Waals surface area contributed by atoms with Gasteiger partial charge in [0.1, 0.15) is 0 Å². The molecule has 0 aliphatic heterocycles. The van der Waals surface area contributed by atoms with Gasteiger partial charge in [-0.2, -0.15) is 0 Å². The number of rotatable bonds is 4. The van der Waals surface area contributed by atoms with E-state index in [0.29, 0.717) is 11.1 Å². The second kappa shape index (κ2) is 5.61. The van der Waals surface area contributed by atoms with Crippen molar-refractivity contribution in [2.45, 2.75) is 13.8 Å². The van der Waals surface area contributed by atoms with Crippen molar-refractivity contribution in [3.05, 3.63) is 77.2 Å². The second-order valence-corrected chi connectivity index (χ2v) is 4.47. The zero-order valence-electron chi connectivity index (χ0n) is 11.0. The highest BCUT2D eigenvalue weighted by atomic mass is 16.1. The first-order chi connectivity index (χ1) is 9.08. The van der Waals surface area contributed by atoms with Crippen LogP contribution in [0, 0.1) is 6.42 Å². The van der Waals surface area contributed by atoms with Crippen molar-refractivity contribution in [1.29, 1.82) is 0 Å². The maximum absolute atomic E-state index is 11.7. The molecule has 2 aromatic rings. The van der Waals surface area contributed by atoms with Gasteiger partial charge in [-0.1, -0.05) is 42.5 Å². The summed E-state index contributed by atoms with van der Waals surface area (Å²) >= 11 is 0. The lowest BCUT2D eigenvalue weighted by Crippen LogP contribution is -2.03. The topological polar surface area (TPSA) is 34.1 Å². The van der Waals surface area contributed by atoms with Gasteiger partial charge in [0.2, 0.25) is 0 Å². The first-order valence-corrected chi connectivity index (χ1v) is 6.13. The van der Waals surface area contributed by atoms with E-state index in [2.05, 4.69) is 0 Å². The van der Waals surface area contributed by atoms with Gasteiger partial charge in [0.15, 0.2) is 11.6 Å². The molecule has 0 unspecified atom stereocenters. The highest BCUT2D eigenvalue weighted by molar-refractivity contribution is 6.01. The van der Waals surface area contributed by atoms with Crippen LogP contribution in [0.25, 0.3) is 0 Å². The molecule has 2 rings (SSSR count). The molecule has 0 atom stereocenters. The van der Waals surface area contributed by atoms with Crippen LogP contribution in [0.1, 0.15) is 45.7 Å². The first-order valence-electron chi connectivity index (χ1n) is 6.13. The summed E-state index contributed by atoms with van der Waals surface area (Å²) in [6.45, 7) is 3.02. The monoisotopic (exact) mass is 251 g/mol. The lowest BCUT2D eigenvalue weighted by Gasteiger charge is -2.08. The van der Waals surface area contributed by atoms with Crippen molar-refractivity contribution in [2.75, 3.05) is 0 Å². The van der Waals surface area contributed by atoms with E-state index >= 15 is 0 Å². The van der Waals surface area contributed by atoms with Gasteiger partial charge in [0.05, 0.1) is 0 Å². The average Bonchev–Trinajstić information content (AvgIpc) is 2.39. The Morgan fingerprint density at radius 3 is 2.16 bits per heavy atom. The summed E-state index contributed by atoms with van der Waals surface area (Å²) in [5.74, 6) is -0.0703. The molecule has 19 heavy (non-hydrogen) atoms. The molecule has 0 aromatic heterocycles. The van der Waals surface area contributed by atoms with Crippen LogP contribution >= 0.6 is 0 Å². The van der Waals surface area contributed by atoms with Crippen molar-refractivity contribution < 1.29 is 9.59 Å². The zero-order valence-corrected chi connectivity index (χ0v) is 11.0. The van der Waals surface area contributed by atoms with Crippen LogP contribution in [-0.4, -0.2) is 11.6 Å². The van der Waals surface area contributed by atoms with Crippen molar-refractivity contribution in [1.82, 2.24) is 0 Å². The zero-order chi connectivity index (χ0) is 13.8. The van der Waals surface area contributed by atoms with Crippen molar-refractivity contribution in [3.8, 4) is 0 Å². The predicted molar refractivity (Wildman–Crippen MR) is 75.4 cm³/mol. The van der Waals surface area contributed by atoms with Crippen molar-refractivity contribution in [3.63, 3.8) is 0 Å². The molecule has 1 radical (unpaired) electrons. The number of hydrogen-bond donors (Lipinski definition) is 0. The molecule has 95 valence electrons. The fraction of sp³-hybridized carbons (Fsp3) is 0.118. The van der Waals surface area contributed by atoms with Gasteiger partial charge in [-0.3, -0.25) is 9.59 Å². The molecule has 0 spiro atoms. The Morgan fingerprint density at radius 1 is 0.895 bits per heavy atom. The van der Waals surface area contributed by atoms with Gasteiger partial charge in [-0.05, 0) is 31.0 Å². The SMILES string of the molecule is CC(=O)c1ccc([CH]c2ccccc2)c(C(C)=O)c1. The van der Waals surface area contributed by atoms with Crippen LogP contribution in [0.4, 0.5) is 0 Å². The lowest BCUT2D eigenvalue weighted by molar-refractivity contribution is 0.101. The third-order valence-corrected chi connectivity index (χ3v) is 2.96. The molecule has 0 aliphatic rings. The maximum Gasteiger partial charge on any atom is 0.160 e. The van der Waals surface area contributed by atoms with Crippen LogP contribution in [0.5, 0.6) is 0 Å². The molecule has 0 aliphatic carbocycles. The Kier molecular flexibility index (Phi) is 3.91. The third-order valence-electron chi connectivity index (χ3n) is 2.96. The number of carbonyl (C=O) groups is 2. The summed E-state index contributed by atoms with van der Waals surface area (Å²) in [5.41, 5.74) is 3.01. The van der Waals surface area contributed by atoms with Crippen LogP contribution < -0.4 is 0 Å². The Hall–Kier alpha value is -2.22. The van der Waals surface area contributed by atoms with E-state index in [0.717, 1.165) is 11.1 Å². The van der Waals surface area contributed by atoms with Crippen LogP contribution in [0.3, 0.4) is 0 Å². The summed E-state index contributed by atoms with van der Waals surface area (Å²) in [5, 5.41) is 0. The normalized spacial score (nSPS) is 10.2. The summed E-state index contributed by atoms with van der Waals surface area (Å²) < 4.78 is 0. The number of benzene rings is 2. The Bertz CT molecular complexity index is 612. The van der Waals surface area contributed by atoms with E-state index < -0.39 is 0 Å². The van der Waals surface area contributed by atoms with E-state index in [-0.39, 0.29) is 11.6 Å². The largest absolute Gasteiger partial charge is 0.295 e. The van der Waals surface area contributed by atoms with Gasteiger partial charge < -0.3 is 0 Å². The van der Waals surface area contributed by atoms with Crippen molar-refractivity contribution >= 4 is 11.6 Å². The van der Waals surface area contributed by atoms with Crippen LogP contribution in [0.2, 0.25) is 0 Å². The summed E-state index contributed by atoms with van der Waals surface area (Å²) in [4.78, 5) is 23.1. The molecular weight excluding hydrogens is 236 g/mol. The third kappa shape index (κ3) is 3.16. The predicted octanol–water partition coefficient (Wildman–Crippen LogP) is 3.69. The van der Waals surface area contributed by atoms with Gasteiger partial charge in [-0.15, -0.1) is 0 Å². The second-order valence-electron chi connectivity index (χ2n) is 4.47. The van der Waals surface area contributed by atoms with E-state index in [1.807, 2.05) is 42.8 Å². The minimum atomic E-state index is -0.0368.